The number of benzene rings is 1. The van der Waals surface area contributed by atoms with E-state index in [9.17, 15) is 0 Å². The van der Waals surface area contributed by atoms with Gasteiger partial charge in [-0.15, -0.1) is 0 Å². The predicted molar refractivity (Wildman–Crippen MR) is 54.9 cm³/mol. The molecule has 0 aliphatic carbocycles. The SMILES string of the molecule is N#CC(NCCO)c1cccc(Cl)c1. The van der Waals surface area contributed by atoms with Crippen molar-refractivity contribution in [2.75, 3.05) is 13.2 Å². The molecule has 74 valence electrons. The van der Waals surface area contributed by atoms with Gasteiger partial charge in [0, 0.05) is 11.6 Å². The number of aliphatic hydroxyl groups excluding tert-OH is 1. The Kier molecular flexibility index (Phi) is 4.41. The average Bonchev–Trinajstić information content (AvgIpc) is 2.19. The second kappa shape index (κ2) is 5.61. The largest absolute Gasteiger partial charge is 0.395 e. The summed E-state index contributed by atoms with van der Waals surface area (Å²) in [5, 5.41) is 21.0. The van der Waals surface area contributed by atoms with Crippen molar-refractivity contribution in [1.82, 2.24) is 5.32 Å². The van der Waals surface area contributed by atoms with Crippen LogP contribution in [0.25, 0.3) is 0 Å². The summed E-state index contributed by atoms with van der Waals surface area (Å²) in [5.74, 6) is 0. The molecule has 14 heavy (non-hydrogen) atoms. The highest BCUT2D eigenvalue weighted by Gasteiger charge is 2.08. The monoisotopic (exact) mass is 210 g/mol. The first-order valence-corrected chi connectivity index (χ1v) is 4.65. The van der Waals surface area contributed by atoms with Crippen molar-refractivity contribution < 1.29 is 5.11 Å². The van der Waals surface area contributed by atoms with Crippen LogP contribution in [0.5, 0.6) is 0 Å². The van der Waals surface area contributed by atoms with Crippen LogP contribution in [0.2, 0.25) is 5.02 Å². The van der Waals surface area contributed by atoms with Gasteiger partial charge in [0.2, 0.25) is 0 Å². The van der Waals surface area contributed by atoms with Gasteiger partial charge in [0.05, 0.1) is 12.7 Å². The highest BCUT2D eigenvalue weighted by molar-refractivity contribution is 6.30. The second-order valence-electron chi connectivity index (χ2n) is 2.79. The third-order valence-corrected chi connectivity index (χ3v) is 2.01. The zero-order chi connectivity index (χ0) is 10.4. The number of nitrogens with zero attached hydrogens (tertiary/aromatic N) is 1. The van der Waals surface area contributed by atoms with E-state index in [1.165, 1.54) is 0 Å². The highest BCUT2D eigenvalue weighted by Crippen LogP contribution is 2.16. The van der Waals surface area contributed by atoms with Gasteiger partial charge in [-0.05, 0) is 17.7 Å². The fourth-order valence-corrected chi connectivity index (χ4v) is 1.33. The Bertz CT molecular complexity index is 335. The molecular formula is C10H11ClN2O. The molecule has 0 aromatic heterocycles. The van der Waals surface area contributed by atoms with Crippen LogP contribution in [0.1, 0.15) is 11.6 Å². The number of rotatable bonds is 4. The van der Waals surface area contributed by atoms with E-state index in [1.807, 2.05) is 6.07 Å². The number of nitriles is 1. The van der Waals surface area contributed by atoms with Crippen LogP contribution in [0, 0.1) is 11.3 Å². The van der Waals surface area contributed by atoms with Crippen molar-refractivity contribution in [3.63, 3.8) is 0 Å². The molecule has 1 atom stereocenters. The lowest BCUT2D eigenvalue weighted by atomic mass is 10.1. The minimum Gasteiger partial charge on any atom is -0.395 e. The molecular weight excluding hydrogens is 200 g/mol. The lowest BCUT2D eigenvalue weighted by molar-refractivity contribution is 0.289. The molecule has 1 rings (SSSR count). The molecule has 1 unspecified atom stereocenters. The average molecular weight is 211 g/mol. The molecule has 0 amide bonds. The highest BCUT2D eigenvalue weighted by atomic mass is 35.5. The Labute approximate surface area is 87.9 Å². The molecule has 0 aliphatic heterocycles. The number of halogens is 1. The molecule has 4 heteroatoms. The normalized spacial score (nSPS) is 12.1. The van der Waals surface area contributed by atoms with Gasteiger partial charge in [-0.25, -0.2) is 0 Å². The topological polar surface area (TPSA) is 56.0 Å². The Morgan fingerprint density at radius 2 is 2.36 bits per heavy atom. The molecule has 0 bridgehead atoms. The van der Waals surface area contributed by atoms with Crippen molar-refractivity contribution in [3.05, 3.63) is 34.9 Å². The summed E-state index contributed by atoms with van der Waals surface area (Å²) in [6, 6.07) is 8.79. The molecule has 1 aromatic carbocycles. The molecule has 0 saturated carbocycles. The van der Waals surface area contributed by atoms with E-state index in [4.69, 9.17) is 22.0 Å². The van der Waals surface area contributed by atoms with Crippen LogP contribution in [0.15, 0.2) is 24.3 Å². The Morgan fingerprint density at radius 1 is 1.57 bits per heavy atom. The maximum absolute atomic E-state index is 8.86. The van der Waals surface area contributed by atoms with Gasteiger partial charge in [0.15, 0.2) is 0 Å². The van der Waals surface area contributed by atoms with Gasteiger partial charge in [-0.2, -0.15) is 5.26 Å². The first kappa shape index (κ1) is 11.0. The third-order valence-electron chi connectivity index (χ3n) is 1.77. The molecule has 3 nitrogen and oxygen atoms in total. The van der Waals surface area contributed by atoms with Gasteiger partial charge < -0.3 is 5.11 Å². The standard InChI is InChI=1S/C10H11ClN2O/c11-9-3-1-2-8(6-9)10(7-12)13-4-5-14/h1-3,6,10,13-14H,4-5H2. The molecule has 0 radical (unpaired) electrons. The zero-order valence-corrected chi connectivity index (χ0v) is 8.33. The summed E-state index contributed by atoms with van der Waals surface area (Å²) in [5.41, 5.74) is 0.813. The van der Waals surface area contributed by atoms with Gasteiger partial charge >= 0.3 is 0 Å². The molecule has 0 heterocycles. The minimum atomic E-state index is -0.416. The van der Waals surface area contributed by atoms with Crippen molar-refractivity contribution in [1.29, 1.82) is 5.26 Å². The van der Waals surface area contributed by atoms with E-state index < -0.39 is 6.04 Å². The quantitative estimate of drug-likeness (QED) is 0.792. The van der Waals surface area contributed by atoms with E-state index in [2.05, 4.69) is 11.4 Å². The van der Waals surface area contributed by atoms with Crippen molar-refractivity contribution in [2.45, 2.75) is 6.04 Å². The summed E-state index contributed by atoms with van der Waals surface area (Å²) in [6.45, 7) is 0.406. The molecule has 0 aliphatic rings. The van der Waals surface area contributed by atoms with Crippen LogP contribution >= 0.6 is 11.6 Å². The fourth-order valence-electron chi connectivity index (χ4n) is 1.13. The number of hydrogen-bond acceptors (Lipinski definition) is 3. The Hall–Kier alpha value is -1.08. The van der Waals surface area contributed by atoms with E-state index in [0.717, 1.165) is 5.56 Å². The smallest absolute Gasteiger partial charge is 0.121 e. The van der Waals surface area contributed by atoms with Gasteiger partial charge in [-0.1, -0.05) is 23.7 Å². The summed E-state index contributed by atoms with van der Waals surface area (Å²) < 4.78 is 0. The van der Waals surface area contributed by atoms with Crippen molar-refractivity contribution in [3.8, 4) is 6.07 Å². The lowest BCUT2D eigenvalue weighted by Gasteiger charge is -2.10. The number of hydrogen-bond donors (Lipinski definition) is 2. The minimum absolute atomic E-state index is 0.0126. The number of aliphatic hydroxyl groups is 1. The van der Waals surface area contributed by atoms with Crippen LogP contribution in [-0.2, 0) is 0 Å². The van der Waals surface area contributed by atoms with Crippen LogP contribution < -0.4 is 5.32 Å². The maximum atomic E-state index is 8.86. The molecule has 0 spiro atoms. The van der Waals surface area contributed by atoms with Gasteiger partial charge in [0.1, 0.15) is 6.04 Å². The van der Waals surface area contributed by atoms with Crippen LogP contribution in [-0.4, -0.2) is 18.3 Å². The van der Waals surface area contributed by atoms with E-state index in [-0.39, 0.29) is 6.61 Å². The van der Waals surface area contributed by atoms with Crippen LogP contribution in [0.4, 0.5) is 0 Å². The summed E-state index contributed by atoms with van der Waals surface area (Å²) in [4.78, 5) is 0. The van der Waals surface area contributed by atoms with Crippen molar-refractivity contribution >= 4 is 11.6 Å². The Morgan fingerprint density at radius 3 is 2.93 bits per heavy atom. The molecule has 0 fully saturated rings. The summed E-state index contributed by atoms with van der Waals surface area (Å²) >= 11 is 5.79. The predicted octanol–water partition coefficient (Wildman–Crippen LogP) is 1.49. The summed E-state index contributed by atoms with van der Waals surface area (Å²) in [6.07, 6.45) is 0. The van der Waals surface area contributed by atoms with Gasteiger partial charge in [0.25, 0.3) is 0 Å². The molecule has 2 N–H and O–H groups in total. The van der Waals surface area contributed by atoms with Crippen molar-refractivity contribution in [2.24, 2.45) is 0 Å². The molecule has 0 saturated heterocycles. The molecule has 1 aromatic rings. The third kappa shape index (κ3) is 3.00. The Balaban J connectivity index is 2.75. The first-order valence-electron chi connectivity index (χ1n) is 4.27. The van der Waals surface area contributed by atoms with Gasteiger partial charge in [-0.3, -0.25) is 5.32 Å². The first-order chi connectivity index (χ1) is 6.77. The lowest BCUT2D eigenvalue weighted by Crippen LogP contribution is -2.23. The van der Waals surface area contributed by atoms with E-state index in [1.54, 1.807) is 18.2 Å². The number of nitrogens with one attached hydrogen (secondary N) is 1. The summed E-state index contributed by atoms with van der Waals surface area (Å²) in [7, 11) is 0. The fraction of sp³-hybridized carbons (Fsp3) is 0.300. The zero-order valence-electron chi connectivity index (χ0n) is 7.57. The maximum Gasteiger partial charge on any atom is 0.121 e. The van der Waals surface area contributed by atoms with Crippen LogP contribution in [0.3, 0.4) is 0 Å². The van der Waals surface area contributed by atoms with E-state index >= 15 is 0 Å². The van der Waals surface area contributed by atoms with E-state index in [0.29, 0.717) is 11.6 Å². The second-order valence-corrected chi connectivity index (χ2v) is 3.23.